The van der Waals surface area contributed by atoms with Crippen LogP contribution in [-0.2, 0) is 0 Å². The molecule has 2 heteroatoms. The topological polar surface area (TPSA) is 8.17 Å². The lowest BCUT2D eigenvalue weighted by Crippen LogP contribution is -2.10. The van der Waals surface area contributed by atoms with E-state index in [2.05, 4.69) is 168 Å². The average molecular weight is 581 g/mol. The molecule has 1 heterocycles. The molecule has 0 radical (unpaired) electrons. The second-order valence-electron chi connectivity index (χ2n) is 12.1. The monoisotopic (exact) mass is 580 g/mol. The van der Waals surface area contributed by atoms with Gasteiger partial charge in [0.25, 0.3) is 0 Å². The van der Waals surface area contributed by atoms with Crippen LogP contribution in [0.5, 0.6) is 0 Å². The van der Waals surface area contributed by atoms with Crippen LogP contribution in [0.3, 0.4) is 0 Å². The van der Waals surface area contributed by atoms with Gasteiger partial charge < -0.3 is 9.47 Å². The molecule has 2 aliphatic carbocycles. The molecular weight excluding hydrogens is 544 g/mol. The third kappa shape index (κ3) is 5.13. The van der Waals surface area contributed by atoms with Gasteiger partial charge in [-0.05, 0) is 109 Å². The minimum atomic E-state index is 1.04. The first-order chi connectivity index (χ1) is 22.2. The molecule has 45 heavy (non-hydrogen) atoms. The van der Waals surface area contributed by atoms with Crippen LogP contribution in [0.2, 0.25) is 0 Å². The highest BCUT2D eigenvalue weighted by molar-refractivity contribution is 6.11. The first-order valence-electron chi connectivity index (χ1n) is 16.1. The molecule has 0 amide bonds. The number of allylic oxidation sites excluding steroid dienone is 8. The summed E-state index contributed by atoms with van der Waals surface area (Å²) in [7, 11) is 0. The molecule has 0 bridgehead atoms. The van der Waals surface area contributed by atoms with E-state index in [1.165, 1.54) is 55.3 Å². The van der Waals surface area contributed by atoms with E-state index >= 15 is 0 Å². The van der Waals surface area contributed by atoms with Gasteiger partial charge in [0.05, 0.1) is 11.0 Å². The van der Waals surface area contributed by atoms with Crippen molar-refractivity contribution in [1.29, 1.82) is 0 Å². The summed E-state index contributed by atoms with van der Waals surface area (Å²) >= 11 is 0. The van der Waals surface area contributed by atoms with Gasteiger partial charge in [0, 0.05) is 33.5 Å². The molecule has 6 aromatic rings. The van der Waals surface area contributed by atoms with Gasteiger partial charge >= 0.3 is 0 Å². The Morgan fingerprint density at radius 3 is 2.11 bits per heavy atom. The molecule has 0 saturated carbocycles. The van der Waals surface area contributed by atoms with Crippen molar-refractivity contribution in [2.24, 2.45) is 0 Å². The van der Waals surface area contributed by atoms with Crippen molar-refractivity contribution in [3.05, 3.63) is 163 Å². The van der Waals surface area contributed by atoms with Crippen LogP contribution in [0, 0.1) is 6.92 Å². The minimum absolute atomic E-state index is 1.04. The van der Waals surface area contributed by atoms with Crippen molar-refractivity contribution in [2.75, 3.05) is 4.90 Å². The number of anilines is 3. The van der Waals surface area contributed by atoms with Crippen LogP contribution >= 0.6 is 0 Å². The number of nitrogens with zero attached hydrogens (tertiary/aromatic N) is 2. The van der Waals surface area contributed by atoms with Gasteiger partial charge in [-0.25, -0.2) is 0 Å². The highest BCUT2D eigenvalue weighted by atomic mass is 15.1. The number of fused-ring (bicyclic) bond motifs is 3. The normalized spacial score (nSPS) is 14.5. The summed E-state index contributed by atoms with van der Waals surface area (Å²) in [6.07, 6.45) is 17.9. The van der Waals surface area contributed by atoms with Gasteiger partial charge in [-0.15, -0.1) is 0 Å². The summed E-state index contributed by atoms with van der Waals surface area (Å²) in [6.45, 7) is 2.13. The first kappa shape index (κ1) is 27.2. The van der Waals surface area contributed by atoms with Gasteiger partial charge in [-0.1, -0.05) is 103 Å². The van der Waals surface area contributed by atoms with Crippen LogP contribution in [0.15, 0.2) is 152 Å². The van der Waals surface area contributed by atoms with Crippen molar-refractivity contribution in [2.45, 2.75) is 32.6 Å². The predicted octanol–water partition coefficient (Wildman–Crippen LogP) is 12.2. The van der Waals surface area contributed by atoms with E-state index in [0.717, 1.165) is 42.7 Å². The third-order valence-electron chi connectivity index (χ3n) is 9.14. The van der Waals surface area contributed by atoms with E-state index in [9.17, 15) is 0 Å². The van der Waals surface area contributed by atoms with E-state index in [1.54, 1.807) is 0 Å². The van der Waals surface area contributed by atoms with E-state index in [4.69, 9.17) is 0 Å². The van der Waals surface area contributed by atoms with Gasteiger partial charge in [0.15, 0.2) is 0 Å². The van der Waals surface area contributed by atoms with Crippen molar-refractivity contribution in [1.82, 2.24) is 4.57 Å². The van der Waals surface area contributed by atoms with Gasteiger partial charge in [0.2, 0.25) is 0 Å². The molecular formula is C43H36N2. The standard InChI is InChI=1S/C43H36N2/c1-31-19-21-33(22-20-31)34-23-25-37(26-24-34)44(38-16-10-13-35(29-38)32-11-4-2-5-12-32)39-27-28-43-41(30-39)40-17-8-9-18-42(40)45(43)36-14-6-3-7-15-36/h3-4,6,8-14,16-30H,2,5,7,15H2,1H3. The van der Waals surface area contributed by atoms with Gasteiger partial charge in [0.1, 0.15) is 0 Å². The fraction of sp³-hybridized carbons (Fsp3) is 0.116. The Balaban J connectivity index is 1.29. The van der Waals surface area contributed by atoms with Crippen LogP contribution in [0.4, 0.5) is 17.1 Å². The predicted molar refractivity (Wildman–Crippen MR) is 193 cm³/mol. The molecule has 2 aliphatic rings. The second kappa shape index (κ2) is 11.6. The van der Waals surface area contributed by atoms with Crippen LogP contribution in [0.25, 0.3) is 44.2 Å². The Morgan fingerprint density at radius 1 is 0.578 bits per heavy atom. The zero-order valence-corrected chi connectivity index (χ0v) is 25.7. The number of aromatic nitrogens is 1. The van der Waals surface area contributed by atoms with E-state index in [1.807, 2.05) is 0 Å². The lowest BCUT2D eigenvalue weighted by atomic mass is 9.98. The molecule has 0 spiro atoms. The molecule has 0 fully saturated rings. The molecule has 2 nitrogen and oxygen atoms in total. The lowest BCUT2D eigenvalue weighted by Gasteiger charge is -2.27. The van der Waals surface area contributed by atoms with Gasteiger partial charge in [-0.3, -0.25) is 0 Å². The molecule has 0 atom stereocenters. The number of hydrogen-bond donors (Lipinski definition) is 0. The van der Waals surface area contributed by atoms with Gasteiger partial charge in [-0.2, -0.15) is 0 Å². The second-order valence-corrected chi connectivity index (χ2v) is 12.1. The Kier molecular flexibility index (Phi) is 7.04. The minimum Gasteiger partial charge on any atom is -0.313 e. The number of rotatable bonds is 6. The van der Waals surface area contributed by atoms with Crippen LogP contribution in [-0.4, -0.2) is 4.57 Å². The fourth-order valence-corrected chi connectivity index (χ4v) is 6.83. The van der Waals surface area contributed by atoms with E-state index < -0.39 is 0 Å². The summed E-state index contributed by atoms with van der Waals surface area (Å²) in [4.78, 5) is 2.41. The highest BCUT2D eigenvalue weighted by Gasteiger charge is 2.19. The summed E-state index contributed by atoms with van der Waals surface area (Å²) in [5, 5.41) is 2.56. The maximum absolute atomic E-state index is 2.46. The zero-order chi connectivity index (χ0) is 30.2. The maximum Gasteiger partial charge on any atom is 0.0539 e. The smallest absolute Gasteiger partial charge is 0.0539 e. The highest BCUT2D eigenvalue weighted by Crippen LogP contribution is 2.41. The Hall–Kier alpha value is -5.34. The zero-order valence-electron chi connectivity index (χ0n) is 25.7. The Bertz CT molecular complexity index is 2150. The van der Waals surface area contributed by atoms with Crippen LogP contribution in [0.1, 0.15) is 36.8 Å². The summed E-state index contributed by atoms with van der Waals surface area (Å²) in [6, 6.07) is 42.6. The number of para-hydroxylation sites is 1. The molecule has 0 unspecified atom stereocenters. The van der Waals surface area contributed by atoms with Crippen molar-refractivity contribution in [3.63, 3.8) is 0 Å². The summed E-state index contributed by atoms with van der Waals surface area (Å²) in [5.74, 6) is 0. The Labute approximate surface area is 265 Å². The van der Waals surface area contributed by atoms with Crippen molar-refractivity contribution in [3.8, 4) is 11.1 Å². The first-order valence-corrected chi connectivity index (χ1v) is 16.1. The van der Waals surface area contributed by atoms with Crippen LogP contribution < -0.4 is 4.90 Å². The molecule has 0 aliphatic heterocycles. The average Bonchev–Trinajstić information content (AvgIpc) is 3.44. The molecule has 218 valence electrons. The largest absolute Gasteiger partial charge is 0.313 e. The van der Waals surface area contributed by atoms with E-state index in [0.29, 0.717) is 0 Å². The molecule has 1 aromatic heterocycles. The molecule has 0 saturated heterocycles. The fourth-order valence-electron chi connectivity index (χ4n) is 6.83. The molecule has 0 N–H and O–H groups in total. The quantitative estimate of drug-likeness (QED) is 0.190. The lowest BCUT2D eigenvalue weighted by molar-refractivity contribution is 0.979. The third-order valence-corrected chi connectivity index (χ3v) is 9.14. The van der Waals surface area contributed by atoms with Crippen molar-refractivity contribution < 1.29 is 0 Å². The number of hydrogen-bond acceptors (Lipinski definition) is 1. The SMILES string of the molecule is Cc1ccc(-c2ccc(N(c3cccc(C4=CCCC=C4)c3)c3ccc4c(c3)c3ccccc3n4C3=CC=CCC3)cc2)cc1. The molecule has 8 rings (SSSR count). The number of aryl methyl sites for hydroxylation is 1. The summed E-state index contributed by atoms with van der Waals surface area (Å²) < 4.78 is 2.46. The maximum atomic E-state index is 2.46. The Morgan fingerprint density at radius 2 is 1.33 bits per heavy atom. The molecule has 5 aromatic carbocycles. The number of benzene rings is 5. The van der Waals surface area contributed by atoms with E-state index in [-0.39, 0.29) is 0 Å². The van der Waals surface area contributed by atoms with Crippen molar-refractivity contribution >= 4 is 50.1 Å². The summed E-state index contributed by atoms with van der Waals surface area (Å²) in [5.41, 5.74) is 13.6.